The second-order valence-electron chi connectivity index (χ2n) is 10.8. The van der Waals surface area contributed by atoms with Crippen LogP contribution in [-0.2, 0) is 24.3 Å². The van der Waals surface area contributed by atoms with Crippen molar-refractivity contribution >= 4 is 38.5 Å². The van der Waals surface area contributed by atoms with E-state index in [2.05, 4.69) is 36.4 Å². The highest BCUT2D eigenvalue weighted by Crippen LogP contribution is 2.52. The van der Waals surface area contributed by atoms with Gasteiger partial charge in [0.15, 0.2) is 0 Å². The Morgan fingerprint density at radius 3 is 1.81 bits per heavy atom. The number of esters is 1. The molecule has 5 aromatic rings. The number of thioether (sulfide) groups is 1. The molecule has 1 saturated heterocycles. The summed E-state index contributed by atoms with van der Waals surface area (Å²) in [5.41, 5.74) is 3.33. The van der Waals surface area contributed by atoms with E-state index in [4.69, 9.17) is 4.74 Å². The van der Waals surface area contributed by atoms with E-state index < -0.39 is 26.8 Å². The zero-order valence-electron chi connectivity index (χ0n) is 23.9. The van der Waals surface area contributed by atoms with Crippen LogP contribution in [0.25, 0.3) is 10.8 Å². The Bertz CT molecular complexity index is 1720. The van der Waals surface area contributed by atoms with Crippen molar-refractivity contribution in [1.82, 2.24) is 4.31 Å². The van der Waals surface area contributed by atoms with E-state index in [1.807, 2.05) is 84.9 Å². The molecule has 5 nitrogen and oxygen atoms in total. The average molecular weight is 608 g/mol. The van der Waals surface area contributed by atoms with Gasteiger partial charge >= 0.3 is 5.97 Å². The number of nitrogens with zero attached hydrogens (tertiary/aromatic N) is 1. The molecular formula is C36H33NO4S2. The van der Waals surface area contributed by atoms with Crippen LogP contribution in [0.3, 0.4) is 0 Å². The van der Waals surface area contributed by atoms with Crippen LogP contribution in [0, 0.1) is 0 Å². The summed E-state index contributed by atoms with van der Waals surface area (Å²) in [5, 5.41) is 1.72. The van der Waals surface area contributed by atoms with E-state index in [1.165, 1.54) is 11.4 Å². The van der Waals surface area contributed by atoms with Gasteiger partial charge in [-0.15, -0.1) is 11.8 Å². The number of carbonyl (C=O) groups excluding carboxylic acids is 1. The molecule has 0 spiro atoms. The highest BCUT2D eigenvalue weighted by Gasteiger charge is 2.46. The third-order valence-electron chi connectivity index (χ3n) is 8.17. The highest BCUT2D eigenvalue weighted by atomic mass is 32.2. The summed E-state index contributed by atoms with van der Waals surface area (Å²) < 4.78 is 34.4. The first-order valence-electron chi connectivity index (χ1n) is 14.3. The fourth-order valence-electron chi connectivity index (χ4n) is 6.12. The molecule has 0 aliphatic carbocycles. The number of benzene rings is 5. The number of sulfonamides is 1. The highest BCUT2D eigenvalue weighted by molar-refractivity contribution is 8.01. The van der Waals surface area contributed by atoms with E-state index in [-0.39, 0.29) is 23.1 Å². The van der Waals surface area contributed by atoms with Crippen molar-refractivity contribution in [2.45, 2.75) is 33.8 Å². The molecule has 0 N–H and O–H groups in total. The minimum Gasteiger partial charge on any atom is -0.469 e. The Morgan fingerprint density at radius 1 is 0.767 bits per heavy atom. The number of hydrogen-bond acceptors (Lipinski definition) is 5. The van der Waals surface area contributed by atoms with Crippen LogP contribution in [0.2, 0.25) is 0 Å². The van der Waals surface area contributed by atoms with E-state index >= 15 is 0 Å². The summed E-state index contributed by atoms with van der Waals surface area (Å²) in [5.74, 6) is -0.421. The monoisotopic (exact) mass is 607 g/mol. The van der Waals surface area contributed by atoms with Crippen LogP contribution >= 0.6 is 11.8 Å². The van der Waals surface area contributed by atoms with E-state index in [1.54, 1.807) is 23.9 Å². The average Bonchev–Trinajstić information content (AvgIpc) is 3.47. The third-order valence-corrected chi connectivity index (χ3v) is 11.8. The lowest BCUT2D eigenvalue weighted by Gasteiger charge is -2.37. The number of fused-ring (bicyclic) bond motifs is 1. The largest absolute Gasteiger partial charge is 0.469 e. The van der Waals surface area contributed by atoms with Crippen LogP contribution in [0.4, 0.5) is 0 Å². The van der Waals surface area contributed by atoms with Crippen LogP contribution in [0.1, 0.15) is 29.5 Å². The quantitative estimate of drug-likeness (QED) is 0.130. The smallest absolute Gasteiger partial charge is 0.307 e. The predicted octanol–water partition coefficient (Wildman–Crippen LogP) is 7.26. The van der Waals surface area contributed by atoms with Crippen molar-refractivity contribution in [3.63, 3.8) is 0 Å². The van der Waals surface area contributed by atoms with Crippen LogP contribution in [0.5, 0.6) is 0 Å². The first kappa shape index (κ1) is 29.2. The number of rotatable bonds is 9. The van der Waals surface area contributed by atoms with Gasteiger partial charge in [0, 0.05) is 17.8 Å². The molecule has 0 radical (unpaired) electrons. The molecule has 1 aliphatic heterocycles. The molecule has 7 heteroatoms. The van der Waals surface area contributed by atoms with Crippen LogP contribution in [-0.4, -0.2) is 43.6 Å². The van der Waals surface area contributed by atoms with Crippen molar-refractivity contribution in [2.24, 2.45) is 0 Å². The first-order chi connectivity index (χ1) is 20.9. The molecule has 0 bridgehead atoms. The molecule has 1 heterocycles. The second-order valence-corrected chi connectivity index (χ2v) is 14.2. The van der Waals surface area contributed by atoms with Gasteiger partial charge in [-0.1, -0.05) is 121 Å². The Labute approximate surface area is 257 Å². The normalized spacial score (nSPS) is 17.6. The van der Waals surface area contributed by atoms with E-state index in [0.29, 0.717) is 6.42 Å². The Balaban J connectivity index is 1.43. The van der Waals surface area contributed by atoms with Crippen LogP contribution in [0.15, 0.2) is 138 Å². The molecule has 2 atom stereocenters. The topological polar surface area (TPSA) is 63.7 Å². The number of ether oxygens (including phenoxy) is 1. The first-order valence-corrected chi connectivity index (χ1v) is 16.7. The van der Waals surface area contributed by atoms with Crippen molar-refractivity contribution in [3.8, 4) is 0 Å². The summed E-state index contributed by atoms with van der Waals surface area (Å²) in [7, 11) is -2.56. The van der Waals surface area contributed by atoms with E-state index in [9.17, 15) is 13.2 Å². The molecule has 0 amide bonds. The maximum atomic E-state index is 14.2. The van der Waals surface area contributed by atoms with Gasteiger partial charge in [-0.25, -0.2) is 8.42 Å². The summed E-state index contributed by atoms with van der Waals surface area (Å²) in [6.45, 7) is 0.274. The van der Waals surface area contributed by atoms with Crippen molar-refractivity contribution < 1.29 is 17.9 Å². The zero-order valence-corrected chi connectivity index (χ0v) is 25.5. The van der Waals surface area contributed by atoms with Gasteiger partial charge < -0.3 is 4.74 Å². The van der Waals surface area contributed by atoms with Gasteiger partial charge in [0.25, 0.3) is 0 Å². The third kappa shape index (κ3) is 5.73. The molecular weight excluding hydrogens is 575 g/mol. The molecule has 5 aromatic carbocycles. The standard InChI is InChI=1S/C36H33NO4S2/c1-41-35(38)25-32-24-33(26-37(32)43(39,40)34-22-21-27-13-11-12-14-28(27)23-34)42-36(29-15-5-2-6-16-29,30-17-7-3-8-18-30)31-19-9-4-10-20-31/h2-23,32-33H,24-26H2,1H3. The number of hydrogen-bond donors (Lipinski definition) is 0. The lowest BCUT2D eigenvalue weighted by Crippen LogP contribution is -2.37. The summed E-state index contributed by atoms with van der Waals surface area (Å²) >= 11 is 1.76. The minimum atomic E-state index is -3.90. The predicted molar refractivity (Wildman–Crippen MR) is 173 cm³/mol. The summed E-state index contributed by atoms with van der Waals surface area (Å²) in [6, 6.07) is 43.5. The summed E-state index contributed by atoms with van der Waals surface area (Å²) in [4.78, 5) is 12.8. The fraction of sp³-hybridized carbons (Fsp3) is 0.194. The van der Waals surface area contributed by atoms with Crippen molar-refractivity contribution in [3.05, 3.63) is 150 Å². The molecule has 2 unspecified atom stereocenters. The van der Waals surface area contributed by atoms with Gasteiger partial charge in [-0.05, 0) is 46.0 Å². The Kier molecular flexibility index (Phi) is 8.39. The molecule has 0 aromatic heterocycles. The maximum absolute atomic E-state index is 14.2. The van der Waals surface area contributed by atoms with Gasteiger partial charge in [0.1, 0.15) is 0 Å². The van der Waals surface area contributed by atoms with Gasteiger partial charge in [-0.3, -0.25) is 4.79 Å². The zero-order chi connectivity index (χ0) is 29.9. The van der Waals surface area contributed by atoms with Gasteiger partial charge in [0.2, 0.25) is 10.0 Å². The number of carbonyl (C=O) groups is 1. The minimum absolute atomic E-state index is 0.00458. The molecule has 1 fully saturated rings. The van der Waals surface area contributed by atoms with Gasteiger partial charge in [-0.2, -0.15) is 4.31 Å². The second kappa shape index (κ2) is 12.4. The van der Waals surface area contributed by atoms with Crippen molar-refractivity contribution in [1.29, 1.82) is 0 Å². The van der Waals surface area contributed by atoms with E-state index in [0.717, 1.165) is 27.5 Å². The molecule has 0 saturated carbocycles. The fourth-order valence-corrected chi connectivity index (χ4v) is 9.80. The summed E-state index contributed by atoms with van der Waals surface area (Å²) in [6.07, 6.45) is 0.510. The lowest BCUT2D eigenvalue weighted by molar-refractivity contribution is -0.141. The molecule has 6 rings (SSSR count). The Hall–Kier alpha value is -3.91. The van der Waals surface area contributed by atoms with Crippen LogP contribution < -0.4 is 0 Å². The maximum Gasteiger partial charge on any atom is 0.307 e. The molecule has 1 aliphatic rings. The SMILES string of the molecule is COC(=O)CC1CC(SC(c2ccccc2)(c2ccccc2)c2ccccc2)CN1S(=O)(=O)c1ccc2ccccc2c1. The molecule has 43 heavy (non-hydrogen) atoms. The van der Waals surface area contributed by atoms with Gasteiger partial charge in [0.05, 0.1) is 23.2 Å². The lowest BCUT2D eigenvalue weighted by atomic mass is 9.84. The number of methoxy groups -OCH3 is 1. The Morgan fingerprint density at radius 2 is 1.28 bits per heavy atom. The molecule has 218 valence electrons. The van der Waals surface area contributed by atoms with Crippen molar-refractivity contribution in [2.75, 3.05) is 13.7 Å².